The molecule has 0 radical (unpaired) electrons. The van der Waals surface area contributed by atoms with Crippen LogP contribution in [0.2, 0.25) is 5.02 Å². The normalized spacial score (nSPS) is 10.2. The Balaban J connectivity index is 2.27. The molecule has 0 aliphatic carbocycles. The quantitative estimate of drug-likeness (QED) is 0.586. The summed E-state index contributed by atoms with van der Waals surface area (Å²) in [5.41, 5.74) is 5.14. The highest BCUT2D eigenvalue weighted by atomic mass is 35.5. The first kappa shape index (κ1) is 12.6. The lowest BCUT2D eigenvalue weighted by Crippen LogP contribution is -2.11. The lowest BCUT2D eigenvalue weighted by Gasteiger charge is -2.09. The van der Waals surface area contributed by atoms with Gasteiger partial charge in [0.2, 0.25) is 5.95 Å². The summed E-state index contributed by atoms with van der Waals surface area (Å²) in [6.07, 6.45) is 0. The highest BCUT2D eigenvalue weighted by molar-refractivity contribution is 6.31. The van der Waals surface area contributed by atoms with E-state index in [1.165, 1.54) is 0 Å². The third kappa shape index (κ3) is 2.88. The van der Waals surface area contributed by atoms with Crippen LogP contribution in [0.25, 0.3) is 0 Å². The molecule has 0 amide bonds. The van der Waals surface area contributed by atoms with Crippen LogP contribution in [0.1, 0.15) is 11.3 Å². The summed E-state index contributed by atoms with van der Waals surface area (Å²) in [4.78, 5) is 8.31. The maximum Gasteiger partial charge on any atom is 0.239 e. The average molecular weight is 264 g/mol. The van der Waals surface area contributed by atoms with E-state index in [2.05, 4.69) is 20.7 Å². The molecule has 0 aliphatic rings. The number of nitrogens with two attached hydrogens (primary N) is 1. The number of hydrogen-bond acceptors (Lipinski definition) is 5. The van der Waals surface area contributed by atoms with E-state index in [1.807, 2.05) is 38.1 Å². The van der Waals surface area contributed by atoms with E-state index < -0.39 is 0 Å². The number of aryl methyl sites for hydroxylation is 2. The largest absolute Gasteiger partial charge is 0.340 e. The van der Waals surface area contributed by atoms with E-state index in [0.29, 0.717) is 16.8 Å². The Morgan fingerprint density at radius 2 is 1.94 bits per heavy atom. The summed E-state index contributed by atoms with van der Waals surface area (Å²) in [6.45, 7) is 3.83. The van der Waals surface area contributed by atoms with Crippen molar-refractivity contribution in [3.63, 3.8) is 0 Å². The van der Waals surface area contributed by atoms with Gasteiger partial charge in [-0.3, -0.25) is 5.43 Å². The van der Waals surface area contributed by atoms with E-state index >= 15 is 0 Å². The molecule has 1 aromatic heterocycles. The lowest BCUT2D eigenvalue weighted by molar-refractivity contribution is 1.07. The molecular formula is C12H14ClN5. The summed E-state index contributed by atoms with van der Waals surface area (Å²) in [5.74, 6) is 6.33. The third-order valence-electron chi connectivity index (χ3n) is 2.43. The minimum atomic E-state index is 0.371. The van der Waals surface area contributed by atoms with Crippen molar-refractivity contribution in [3.8, 4) is 0 Å². The summed E-state index contributed by atoms with van der Waals surface area (Å²) in [7, 11) is 0. The fourth-order valence-electron chi connectivity index (χ4n) is 1.52. The Kier molecular flexibility index (Phi) is 3.64. The number of halogens is 1. The zero-order valence-electron chi connectivity index (χ0n) is 10.2. The molecule has 5 nitrogen and oxygen atoms in total. The van der Waals surface area contributed by atoms with Crippen molar-refractivity contribution in [3.05, 3.63) is 40.5 Å². The molecular weight excluding hydrogens is 250 g/mol. The second-order valence-corrected chi connectivity index (χ2v) is 4.36. The molecule has 0 unspecified atom stereocenters. The van der Waals surface area contributed by atoms with Crippen LogP contribution in [0.3, 0.4) is 0 Å². The second kappa shape index (κ2) is 5.20. The Morgan fingerprint density at radius 3 is 2.61 bits per heavy atom. The number of hydrogen-bond donors (Lipinski definition) is 3. The summed E-state index contributed by atoms with van der Waals surface area (Å²) < 4.78 is 0. The summed E-state index contributed by atoms with van der Waals surface area (Å²) >= 11 is 6.06. The maximum atomic E-state index is 6.06. The number of anilines is 3. The Morgan fingerprint density at radius 1 is 1.17 bits per heavy atom. The van der Waals surface area contributed by atoms with Gasteiger partial charge in [0, 0.05) is 22.5 Å². The number of hydrazine groups is 1. The molecule has 94 valence electrons. The van der Waals surface area contributed by atoms with Gasteiger partial charge >= 0.3 is 0 Å². The van der Waals surface area contributed by atoms with Crippen LogP contribution in [0, 0.1) is 13.8 Å². The first-order valence-corrected chi connectivity index (χ1v) is 5.82. The highest BCUT2D eigenvalue weighted by Crippen LogP contribution is 2.22. The first-order chi connectivity index (χ1) is 8.58. The molecule has 0 saturated heterocycles. The molecule has 6 heteroatoms. The predicted octanol–water partition coefficient (Wildman–Crippen LogP) is 2.78. The van der Waals surface area contributed by atoms with Crippen molar-refractivity contribution < 1.29 is 0 Å². The minimum Gasteiger partial charge on any atom is -0.340 e. The van der Waals surface area contributed by atoms with E-state index in [1.54, 1.807) is 0 Å². The predicted molar refractivity (Wildman–Crippen MR) is 74.1 cm³/mol. The average Bonchev–Trinajstić information content (AvgIpc) is 2.33. The highest BCUT2D eigenvalue weighted by Gasteiger charge is 2.03. The standard InChI is InChI=1S/C12H14ClN5/c1-7-3-4-9(6-10(7)13)16-11-5-8(2)15-12(17-11)18-14/h3-6H,14H2,1-2H3,(H2,15,16,17,18). The van der Waals surface area contributed by atoms with Gasteiger partial charge in [0.1, 0.15) is 5.82 Å². The van der Waals surface area contributed by atoms with Crippen LogP contribution < -0.4 is 16.6 Å². The Hall–Kier alpha value is -1.85. The van der Waals surface area contributed by atoms with Gasteiger partial charge in [-0.1, -0.05) is 17.7 Å². The van der Waals surface area contributed by atoms with Crippen LogP contribution in [0.5, 0.6) is 0 Å². The van der Waals surface area contributed by atoms with Gasteiger partial charge in [0.15, 0.2) is 0 Å². The van der Waals surface area contributed by atoms with Crippen molar-refractivity contribution >= 4 is 29.1 Å². The zero-order valence-corrected chi connectivity index (χ0v) is 10.9. The van der Waals surface area contributed by atoms with Crippen molar-refractivity contribution in [2.45, 2.75) is 13.8 Å². The van der Waals surface area contributed by atoms with Gasteiger partial charge in [0.25, 0.3) is 0 Å². The summed E-state index contributed by atoms with van der Waals surface area (Å²) in [6, 6.07) is 7.56. The van der Waals surface area contributed by atoms with Gasteiger partial charge < -0.3 is 5.32 Å². The van der Waals surface area contributed by atoms with Gasteiger partial charge in [-0.25, -0.2) is 10.8 Å². The van der Waals surface area contributed by atoms with Crippen molar-refractivity contribution in [2.24, 2.45) is 5.84 Å². The fraction of sp³-hybridized carbons (Fsp3) is 0.167. The molecule has 0 fully saturated rings. The monoisotopic (exact) mass is 263 g/mol. The van der Waals surface area contributed by atoms with Gasteiger partial charge in [0.05, 0.1) is 0 Å². The molecule has 0 aliphatic heterocycles. The molecule has 1 aromatic carbocycles. The smallest absolute Gasteiger partial charge is 0.239 e. The van der Waals surface area contributed by atoms with Gasteiger partial charge in [-0.15, -0.1) is 0 Å². The molecule has 2 aromatic rings. The van der Waals surface area contributed by atoms with E-state index in [0.717, 1.165) is 16.9 Å². The van der Waals surface area contributed by atoms with E-state index in [9.17, 15) is 0 Å². The maximum absolute atomic E-state index is 6.06. The Labute approximate surface area is 110 Å². The SMILES string of the molecule is Cc1cc(Nc2ccc(C)c(Cl)c2)nc(NN)n1. The van der Waals surface area contributed by atoms with Crippen LogP contribution >= 0.6 is 11.6 Å². The van der Waals surface area contributed by atoms with Crippen molar-refractivity contribution in [1.82, 2.24) is 9.97 Å². The second-order valence-electron chi connectivity index (χ2n) is 3.95. The third-order valence-corrected chi connectivity index (χ3v) is 2.83. The molecule has 1 heterocycles. The molecule has 0 spiro atoms. The van der Waals surface area contributed by atoms with E-state index in [-0.39, 0.29) is 0 Å². The zero-order chi connectivity index (χ0) is 13.1. The van der Waals surface area contributed by atoms with Crippen molar-refractivity contribution in [1.29, 1.82) is 0 Å². The van der Waals surface area contributed by atoms with Crippen LogP contribution in [-0.2, 0) is 0 Å². The minimum absolute atomic E-state index is 0.371. The number of nitrogen functional groups attached to an aromatic ring is 1. The fourth-order valence-corrected chi connectivity index (χ4v) is 1.70. The number of rotatable bonds is 3. The molecule has 0 saturated carbocycles. The molecule has 0 bridgehead atoms. The molecule has 0 atom stereocenters. The summed E-state index contributed by atoms with van der Waals surface area (Å²) in [5, 5.41) is 3.87. The number of benzene rings is 1. The number of nitrogens with one attached hydrogen (secondary N) is 2. The number of nitrogens with zero attached hydrogens (tertiary/aromatic N) is 2. The Bertz CT molecular complexity index is 570. The molecule has 2 rings (SSSR count). The van der Waals surface area contributed by atoms with Crippen LogP contribution in [0.4, 0.5) is 17.5 Å². The number of aromatic nitrogens is 2. The van der Waals surface area contributed by atoms with Crippen molar-refractivity contribution in [2.75, 3.05) is 10.7 Å². The molecule has 18 heavy (non-hydrogen) atoms. The van der Waals surface area contributed by atoms with Gasteiger partial charge in [-0.2, -0.15) is 4.98 Å². The lowest BCUT2D eigenvalue weighted by atomic mass is 10.2. The van der Waals surface area contributed by atoms with Crippen LogP contribution in [0.15, 0.2) is 24.3 Å². The van der Waals surface area contributed by atoms with E-state index in [4.69, 9.17) is 17.4 Å². The van der Waals surface area contributed by atoms with Crippen LogP contribution in [-0.4, -0.2) is 9.97 Å². The molecule has 4 N–H and O–H groups in total. The first-order valence-electron chi connectivity index (χ1n) is 5.44. The van der Waals surface area contributed by atoms with Gasteiger partial charge in [-0.05, 0) is 31.5 Å². The topological polar surface area (TPSA) is 75.9 Å².